The van der Waals surface area contributed by atoms with Crippen LogP contribution in [0.1, 0.15) is 72.7 Å². The predicted molar refractivity (Wildman–Crippen MR) is 173 cm³/mol. The van der Waals surface area contributed by atoms with E-state index < -0.39 is 6.17 Å². The van der Waals surface area contributed by atoms with Gasteiger partial charge in [0.2, 0.25) is 0 Å². The van der Waals surface area contributed by atoms with Crippen LogP contribution in [0.2, 0.25) is 0 Å². The van der Waals surface area contributed by atoms with Crippen LogP contribution in [0.5, 0.6) is 6.01 Å². The first-order valence-corrected chi connectivity index (χ1v) is 16.3. The molecule has 45 heavy (non-hydrogen) atoms. The molecule has 3 aliphatic heterocycles. The molecule has 3 aromatic rings. The van der Waals surface area contributed by atoms with E-state index >= 15 is 0 Å². The Morgan fingerprint density at radius 3 is 2.69 bits per heavy atom. The number of aromatic nitrogens is 3. The van der Waals surface area contributed by atoms with Crippen LogP contribution in [0.25, 0.3) is 0 Å². The molecule has 1 spiro atoms. The van der Waals surface area contributed by atoms with E-state index in [4.69, 9.17) is 16.2 Å². The molecule has 4 N–H and O–H groups in total. The molecule has 3 atom stereocenters. The molecule has 0 amide bonds. The van der Waals surface area contributed by atoms with Crippen molar-refractivity contribution in [3.63, 3.8) is 0 Å². The number of hydrogen-bond donors (Lipinski definition) is 2. The molecule has 4 aliphatic rings. The Kier molecular flexibility index (Phi) is 8.42. The van der Waals surface area contributed by atoms with Gasteiger partial charge in [-0.2, -0.15) is 20.5 Å². The fourth-order valence-corrected chi connectivity index (χ4v) is 8.74. The molecule has 3 fully saturated rings. The van der Waals surface area contributed by atoms with Gasteiger partial charge in [-0.3, -0.25) is 4.90 Å². The lowest BCUT2D eigenvalue weighted by atomic mass is 9.74. The fraction of sp³-hybridized carbons (Fsp3) is 0.531. The Morgan fingerprint density at radius 1 is 1.24 bits per heavy atom. The van der Waals surface area contributed by atoms with Crippen molar-refractivity contribution >= 4 is 33.8 Å². The van der Waals surface area contributed by atoms with Gasteiger partial charge in [-0.25, -0.2) is 9.37 Å². The number of nitrogens with zero attached hydrogens (tertiary/aromatic N) is 8. The van der Waals surface area contributed by atoms with E-state index in [0.29, 0.717) is 65.8 Å². The zero-order chi connectivity index (χ0) is 31.9. The van der Waals surface area contributed by atoms with Gasteiger partial charge < -0.3 is 26.0 Å². The van der Waals surface area contributed by atoms with Gasteiger partial charge in [0.25, 0.3) is 0 Å². The average Bonchev–Trinajstić information content (AvgIpc) is 3.77. The lowest BCUT2D eigenvalue weighted by Gasteiger charge is -2.49. The van der Waals surface area contributed by atoms with Crippen molar-refractivity contribution in [3.8, 4) is 18.1 Å². The summed E-state index contributed by atoms with van der Waals surface area (Å²) in [5, 5.41) is 20.6. The van der Waals surface area contributed by atoms with Gasteiger partial charge in [0.1, 0.15) is 34.7 Å². The lowest BCUT2D eigenvalue weighted by molar-refractivity contribution is 0.292. The Labute approximate surface area is 267 Å². The maximum atomic E-state index is 12.6. The molecular formula is C32H39FN10OS. The predicted octanol–water partition coefficient (Wildman–Crippen LogP) is 4.33. The number of pyridine rings is 1. The summed E-state index contributed by atoms with van der Waals surface area (Å²) in [6, 6.07) is 9.04. The van der Waals surface area contributed by atoms with Crippen LogP contribution in [0.4, 0.5) is 26.8 Å². The van der Waals surface area contributed by atoms with Crippen molar-refractivity contribution in [3.05, 3.63) is 45.5 Å². The largest absolute Gasteiger partial charge is 0.467 e. The first-order valence-electron chi connectivity index (χ1n) is 15.5. The highest BCUT2D eigenvalue weighted by atomic mass is 32.1. The highest BCUT2D eigenvalue weighted by Crippen LogP contribution is 2.53. The minimum absolute atomic E-state index is 0.151. The van der Waals surface area contributed by atoms with Gasteiger partial charge in [-0.15, -0.1) is 11.3 Å². The molecule has 3 aromatic heterocycles. The number of nitriles is 2. The van der Waals surface area contributed by atoms with Crippen LogP contribution < -0.4 is 26.0 Å². The lowest BCUT2D eigenvalue weighted by Crippen LogP contribution is -2.59. The van der Waals surface area contributed by atoms with Crippen molar-refractivity contribution in [1.29, 1.82) is 10.5 Å². The van der Waals surface area contributed by atoms with Crippen LogP contribution in [0.3, 0.4) is 0 Å². The van der Waals surface area contributed by atoms with Gasteiger partial charge in [0, 0.05) is 54.3 Å². The number of hydrogen-bond acceptors (Lipinski definition) is 12. The number of methoxy groups -OCH3 is 1. The first kappa shape index (κ1) is 30.8. The Balaban J connectivity index is 0.000000337. The summed E-state index contributed by atoms with van der Waals surface area (Å²) in [4.78, 5) is 21.0. The monoisotopic (exact) mass is 630 g/mol. The molecule has 236 valence electrons. The van der Waals surface area contributed by atoms with Crippen molar-refractivity contribution < 1.29 is 9.13 Å². The van der Waals surface area contributed by atoms with Gasteiger partial charge in [0.15, 0.2) is 11.6 Å². The van der Waals surface area contributed by atoms with E-state index in [1.807, 2.05) is 30.9 Å². The number of ether oxygens (including phenoxy) is 1. The summed E-state index contributed by atoms with van der Waals surface area (Å²) in [5.41, 5.74) is 15.1. The van der Waals surface area contributed by atoms with Crippen LogP contribution in [-0.4, -0.2) is 71.9 Å². The molecule has 11 nitrogen and oxygen atoms in total. The molecule has 6 heterocycles. The van der Waals surface area contributed by atoms with E-state index in [0.717, 1.165) is 36.9 Å². The van der Waals surface area contributed by atoms with Crippen molar-refractivity contribution in [2.75, 3.05) is 61.1 Å². The standard InChI is InChI=1S/C25H27N9OS.C7H12FN/c1-4-34(14(2)15-6-5-9-30-20(15)28)23-17(11-27)22(31-24(32-23)35-3)33-12-25(13-33)8-7-18-19(25)16(10-26)21(29)36-18;8-6-4-7-2-1-3-9(7)5-6/h5-6,9,14H,4,7-8,12-13,29H2,1-3H3,(H2,28,30);6-7H,1-5H2. The summed E-state index contributed by atoms with van der Waals surface area (Å²) < 4.78 is 18.1. The molecule has 3 saturated heterocycles. The Bertz CT molecular complexity index is 1650. The van der Waals surface area contributed by atoms with Gasteiger partial charge >= 0.3 is 6.01 Å². The fourth-order valence-electron chi connectivity index (χ4n) is 7.60. The number of aryl methyl sites for hydroxylation is 1. The number of anilines is 4. The average molecular weight is 631 g/mol. The molecule has 3 unspecified atom stereocenters. The molecule has 1 aliphatic carbocycles. The second-order valence-corrected chi connectivity index (χ2v) is 13.4. The SMILES string of the molecule is CCN(c1nc(OC)nc(N2CC3(CCc4sc(N)c(C#N)c43)C2)c1C#N)C(C)c1cccnc1N.FC1CC2CCCN2C1. The van der Waals surface area contributed by atoms with E-state index in [2.05, 4.69) is 36.9 Å². The minimum Gasteiger partial charge on any atom is -0.467 e. The number of nitrogen functional groups attached to an aromatic ring is 2. The zero-order valence-corrected chi connectivity index (χ0v) is 26.8. The Morgan fingerprint density at radius 2 is 2.02 bits per heavy atom. The van der Waals surface area contributed by atoms with E-state index in [-0.39, 0.29) is 17.5 Å². The number of halogens is 1. The molecule has 0 radical (unpaired) electrons. The minimum atomic E-state index is -0.518. The summed E-state index contributed by atoms with van der Waals surface area (Å²) in [7, 11) is 1.52. The van der Waals surface area contributed by atoms with Crippen molar-refractivity contribution in [2.45, 2.75) is 69.6 Å². The zero-order valence-electron chi connectivity index (χ0n) is 26.0. The van der Waals surface area contributed by atoms with Gasteiger partial charge in [0.05, 0.1) is 18.7 Å². The van der Waals surface area contributed by atoms with Crippen LogP contribution in [-0.2, 0) is 11.8 Å². The number of rotatable bonds is 6. The van der Waals surface area contributed by atoms with Crippen LogP contribution in [0.15, 0.2) is 18.3 Å². The molecular weight excluding hydrogens is 591 g/mol. The summed E-state index contributed by atoms with van der Waals surface area (Å²) in [5.74, 6) is 1.46. The second-order valence-electron chi connectivity index (χ2n) is 12.3. The first-order chi connectivity index (χ1) is 21.7. The quantitative estimate of drug-likeness (QED) is 0.399. The maximum Gasteiger partial charge on any atom is 0.320 e. The number of fused-ring (bicyclic) bond motifs is 3. The molecule has 0 aromatic carbocycles. The number of nitrogens with two attached hydrogens (primary N) is 2. The third-order valence-corrected chi connectivity index (χ3v) is 10.9. The van der Waals surface area contributed by atoms with Gasteiger partial charge in [-0.1, -0.05) is 6.07 Å². The molecule has 0 bridgehead atoms. The summed E-state index contributed by atoms with van der Waals surface area (Å²) in [6.45, 7) is 7.75. The van der Waals surface area contributed by atoms with Crippen molar-refractivity contribution in [2.24, 2.45) is 0 Å². The van der Waals surface area contributed by atoms with E-state index in [9.17, 15) is 14.9 Å². The van der Waals surface area contributed by atoms with Crippen LogP contribution in [0, 0.1) is 22.7 Å². The number of alkyl halides is 1. The third kappa shape index (κ3) is 5.38. The van der Waals surface area contributed by atoms with Crippen LogP contribution >= 0.6 is 11.3 Å². The molecule has 13 heteroatoms. The van der Waals surface area contributed by atoms with Gasteiger partial charge in [-0.05, 0) is 64.1 Å². The Hall–Kier alpha value is -4.20. The van der Waals surface area contributed by atoms with E-state index in [1.54, 1.807) is 6.20 Å². The van der Waals surface area contributed by atoms with Crippen molar-refractivity contribution in [1.82, 2.24) is 19.9 Å². The third-order valence-electron chi connectivity index (χ3n) is 9.77. The van der Waals surface area contributed by atoms with E-state index in [1.165, 1.54) is 36.2 Å². The second kappa shape index (κ2) is 12.3. The molecule has 0 saturated carbocycles. The number of thiophene rings is 1. The summed E-state index contributed by atoms with van der Waals surface area (Å²) >= 11 is 1.52. The highest BCUT2D eigenvalue weighted by Gasteiger charge is 2.52. The summed E-state index contributed by atoms with van der Waals surface area (Å²) in [6.07, 6.45) is 6.33. The smallest absolute Gasteiger partial charge is 0.320 e. The molecule has 7 rings (SSSR count). The highest BCUT2D eigenvalue weighted by molar-refractivity contribution is 7.16. The maximum absolute atomic E-state index is 12.6. The normalized spacial score (nSPS) is 21.6. The topological polar surface area (TPSA) is 157 Å².